The number of aromatic nitrogens is 4. The van der Waals surface area contributed by atoms with Crippen molar-refractivity contribution in [1.29, 1.82) is 0 Å². The Balaban J connectivity index is 1.49. The molecule has 2 fully saturated rings. The van der Waals surface area contributed by atoms with Crippen LogP contribution in [0.2, 0.25) is 0 Å². The lowest BCUT2D eigenvalue weighted by atomic mass is 10.0. The number of amides is 1. The molecule has 9 heteroatoms. The number of aliphatic carboxylic acids is 1. The molecule has 1 saturated carbocycles. The number of rotatable bonds is 5. The highest BCUT2D eigenvalue weighted by Gasteiger charge is 2.57. The molecule has 1 N–H and O–H groups in total. The molecular formula is C22H21N5O4. The molecule has 2 aliphatic rings. The minimum atomic E-state index is -0.960. The molecule has 1 aliphatic carbocycles. The van der Waals surface area contributed by atoms with Crippen molar-refractivity contribution in [2.24, 2.45) is 11.8 Å². The van der Waals surface area contributed by atoms with Crippen LogP contribution in [-0.2, 0) is 16.1 Å². The molecule has 1 aliphatic heterocycles. The first-order valence-corrected chi connectivity index (χ1v) is 10.2. The van der Waals surface area contributed by atoms with Crippen LogP contribution < -0.4 is 0 Å². The zero-order valence-electron chi connectivity index (χ0n) is 17.1. The molecule has 2 aromatic heterocycles. The van der Waals surface area contributed by atoms with Gasteiger partial charge in [-0.1, -0.05) is 6.07 Å². The van der Waals surface area contributed by atoms with Gasteiger partial charge in [-0.3, -0.25) is 14.3 Å². The van der Waals surface area contributed by atoms with Crippen LogP contribution in [0.5, 0.6) is 0 Å². The Labute approximate surface area is 177 Å². The van der Waals surface area contributed by atoms with E-state index in [1.807, 2.05) is 18.2 Å². The molecule has 1 amide bonds. The number of hydrogen-bond donors (Lipinski definition) is 1. The first kappa shape index (κ1) is 19.3. The number of Topliss-reactive ketones (excluding diaryl/α,β-unsaturated/α-hetero) is 1. The van der Waals surface area contributed by atoms with Gasteiger partial charge in [0.1, 0.15) is 24.1 Å². The van der Waals surface area contributed by atoms with Crippen LogP contribution in [0.3, 0.4) is 0 Å². The molecule has 0 radical (unpaired) electrons. The van der Waals surface area contributed by atoms with E-state index in [-0.39, 0.29) is 35.8 Å². The van der Waals surface area contributed by atoms with E-state index in [9.17, 15) is 19.5 Å². The van der Waals surface area contributed by atoms with Crippen LogP contribution in [0.15, 0.2) is 30.6 Å². The molecule has 158 valence electrons. The number of nitrogens with zero attached hydrogens (tertiary/aromatic N) is 5. The van der Waals surface area contributed by atoms with Crippen molar-refractivity contribution in [3.8, 4) is 11.1 Å². The summed E-state index contributed by atoms with van der Waals surface area (Å²) in [6.45, 7) is 3.60. The number of hydrogen-bond acceptors (Lipinski definition) is 6. The van der Waals surface area contributed by atoms with E-state index >= 15 is 0 Å². The Morgan fingerprint density at radius 3 is 2.58 bits per heavy atom. The predicted octanol–water partition coefficient (Wildman–Crippen LogP) is 1.94. The second-order valence-corrected chi connectivity index (χ2v) is 8.30. The second kappa shape index (κ2) is 6.97. The molecule has 3 aromatic rings. The minimum Gasteiger partial charge on any atom is -0.480 e. The number of fused-ring (bicyclic) bond motifs is 2. The fourth-order valence-electron chi connectivity index (χ4n) is 4.54. The van der Waals surface area contributed by atoms with Gasteiger partial charge in [-0.15, -0.1) is 0 Å². The Bertz CT molecular complexity index is 1230. The van der Waals surface area contributed by atoms with Gasteiger partial charge in [0.05, 0.1) is 5.52 Å². The average molecular weight is 419 g/mol. The summed E-state index contributed by atoms with van der Waals surface area (Å²) in [6, 6.07) is 4.76. The summed E-state index contributed by atoms with van der Waals surface area (Å²) < 4.78 is 1.49. The standard InChI is InChI=1S/C22H21N5O4/c1-11(28)20-17-5-13(15-7-23-12(2)24-8-15)3-4-18(17)27(25-20)10-19(29)26-9-14-6-16(14)21(26)22(30)31/h3-5,7-8,14,16,21H,6,9-10H2,1-2H3,(H,30,31)/t14-,16-,21+/m1/s1. The SMILES string of the molecule is CC(=O)c1nn(CC(=O)N2C[C@H]3C[C@H]3[C@H]2C(=O)O)c2ccc(-c3cnc(C)nc3)cc12. The van der Waals surface area contributed by atoms with Gasteiger partial charge in [-0.25, -0.2) is 14.8 Å². The third-order valence-corrected chi connectivity index (χ3v) is 6.21. The number of carbonyl (C=O) groups is 3. The summed E-state index contributed by atoms with van der Waals surface area (Å²) in [5.74, 6) is -0.457. The molecule has 1 saturated heterocycles. The third kappa shape index (κ3) is 3.26. The summed E-state index contributed by atoms with van der Waals surface area (Å²) in [7, 11) is 0. The van der Waals surface area contributed by atoms with Crippen molar-refractivity contribution in [1.82, 2.24) is 24.6 Å². The Hall–Kier alpha value is -3.62. The fraction of sp³-hybridized carbons (Fsp3) is 0.364. The monoisotopic (exact) mass is 419 g/mol. The van der Waals surface area contributed by atoms with Gasteiger partial charge in [0.25, 0.3) is 0 Å². The molecular weight excluding hydrogens is 398 g/mol. The third-order valence-electron chi connectivity index (χ3n) is 6.21. The van der Waals surface area contributed by atoms with Crippen LogP contribution in [0.4, 0.5) is 0 Å². The lowest BCUT2D eigenvalue weighted by Crippen LogP contribution is -2.44. The largest absolute Gasteiger partial charge is 0.480 e. The Kier molecular flexibility index (Phi) is 4.35. The van der Waals surface area contributed by atoms with Crippen molar-refractivity contribution >= 4 is 28.6 Å². The number of benzene rings is 1. The van der Waals surface area contributed by atoms with E-state index in [4.69, 9.17) is 0 Å². The number of aryl methyl sites for hydroxylation is 1. The molecule has 9 nitrogen and oxygen atoms in total. The van der Waals surface area contributed by atoms with Crippen LogP contribution in [0.1, 0.15) is 29.7 Å². The number of carboxylic acid groups (broad SMARTS) is 1. The summed E-state index contributed by atoms with van der Waals surface area (Å²) in [5.41, 5.74) is 2.57. The molecule has 0 bridgehead atoms. The summed E-state index contributed by atoms with van der Waals surface area (Å²) >= 11 is 0. The fourth-order valence-corrected chi connectivity index (χ4v) is 4.54. The average Bonchev–Trinajstić information content (AvgIpc) is 3.24. The van der Waals surface area contributed by atoms with E-state index in [0.29, 0.717) is 23.3 Å². The maximum Gasteiger partial charge on any atom is 0.326 e. The van der Waals surface area contributed by atoms with Crippen LogP contribution >= 0.6 is 0 Å². The van der Waals surface area contributed by atoms with Crippen LogP contribution in [0.25, 0.3) is 22.0 Å². The highest BCUT2D eigenvalue weighted by molar-refractivity contribution is 6.06. The number of ketones is 1. The lowest BCUT2D eigenvalue weighted by molar-refractivity contribution is -0.149. The molecule has 1 aromatic carbocycles. The quantitative estimate of drug-likeness (QED) is 0.628. The van der Waals surface area contributed by atoms with Crippen molar-refractivity contribution < 1.29 is 19.5 Å². The topological polar surface area (TPSA) is 118 Å². The normalized spacial score (nSPS) is 21.9. The number of piperidine rings is 1. The molecule has 5 rings (SSSR count). The molecule has 3 heterocycles. The van der Waals surface area contributed by atoms with Crippen LogP contribution in [-0.4, -0.2) is 60.0 Å². The predicted molar refractivity (Wildman–Crippen MR) is 110 cm³/mol. The van der Waals surface area contributed by atoms with Gasteiger partial charge >= 0.3 is 5.97 Å². The van der Waals surface area contributed by atoms with E-state index in [1.54, 1.807) is 19.3 Å². The highest BCUT2D eigenvalue weighted by Crippen LogP contribution is 2.49. The van der Waals surface area contributed by atoms with Crippen molar-refractivity contribution in [2.75, 3.05) is 6.54 Å². The van der Waals surface area contributed by atoms with Gasteiger partial charge in [0.15, 0.2) is 5.78 Å². The number of carbonyl (C=O) groups excluding carboxylic acids is 2. The first-order chi connectivity index (χ1) is 14.8. The van der Waals surface area contributed by atoms with Gasteiger partial charge in [-0.05, 0) is 42.9 Å². The Morgan fingerprint density at radius 1 is 1.16 bits per heavy atom. The Morgan fingerprint density at radius 2 is 1.90 bits per heavy atom. The summed E-state index contributed by atoms with van der Waals surface area (Å²) in [4.78, 5) is 46.7. The van der Waals surface area contributed by atoms with Crippen LogP contribution in [0, 0.1) is 18.8 Å². The van der Waals surface area contributed by atoms with Gasteiger partial charge < -0.3 is 10.0 Å². The summed E-state index contributed by atoms with van der Waals surface area (Å²) in [5, 5.41) is 14.6. The van der Waals surface area contributed by atoms with Gasteiger partial charge in [0, 0.05) is 36.8 Å². The minimum absolute atomic E-state index is 0.0582. The van der Waals surface area contributed by atoms with E-state index in [2.05, 4.69) is 15.1 Å². The van der Waals surface area contributed by atoms with E-state index < -0.39 is 12.0 Å². The van der Waals surface area contributed by atoms with Gasteiger partial charge in [0.2, 0.25) is 5.91 Å². The number of carboxylic acids is 1. The molecule has 0 spiro atoms. The summed E-state index contributed by atoms with van der Waals surface area (Å²) in [6.07, 6.45) is 4.30. The van der Waals surface area contributed by atoms with Gasteiger partial charge in [-0.2, -0.15) is 5.10 Å². The van der Waals surface area contributed by atoms with E-state index in [1.165, 1.54) is 16.5 Å². The zero-order valence-corrected chi connectivity index (χ0v) is 17.1. The zero-order chi connectivity index (χ0) is 21.9. The molecule has 3 atom stereocenters. The first-order valence-electron chi connectivity index (χ1n) is 10.2. The molecule has 31 heavy (non-hydrogen) atoms. The van der Waals surface area contributed by atoms with Crippen molar-refractivity contribution in [3.05, 3.63) is 42.1 Å². The van der Waals surface area contributed by atoms with E-state index in [0.717, 1.165) is 17.5 Å². The number of likely N-dealkylation sites (tertiary alicyclic amines) is 1. The van der Waals surface area contributed by atoms with Crippen molar-refractivity contribution in [2.45, 2.75) is 32.9 Å². The second-order valence-electron chi connectivity index (χ2n) is 8.30. The maximum absolute atomic E-state index is 12.9. The highest BCUT2D eigenvalue weighted by atomic mass is 16.4. The lowest BCUT2D eigenvalue weighted by Gasteiger charge is -2.24. The van der Waals surface area contributed by atoms with Crippen molar-refractivity contribution in [3.63, 3.8) is 0 Å². The molecule has 0 unspecified atom stereocenters. The maximum atomic E-state index is 12.9. The smallest absolute Gasteiger partial charge is 0.326 e.